The van der Waals surface area contributed by atoms with Crippen molar-refractivity contribution in [3.8, 4) is 0 Å². The summed E-state index contributed by atoms with van der Waals surface area (Å²) < 4.78 is 26.5. The van der Waals surface area contributed by atoms with Gasteiger partial charge >= 0.3 is 0 Å². The second-order valence-electron chi connectivity index (χ2n) is 4.88. The van der Waals surface area contributed by atoms with Gasteiger partial charge in [-0.05, 0) is 5.92 Å². The van der Waals surface area contributed by atoms with Crippen LogP contribution in [0.5, 0.6) is 0 Å². The van der Waals surface area contributed by atoms with E-state index in [2.05, 4.69) is 18.7 Å². The molecule has 0 unspecified atom stereocenters. The van der Waals surface area contributed by atoms with Crippen molar-refractivity contribution in [1.82, 2.24) is 13.5 Å². The van der Waals surface area contributed by atoms with E-state index in [1.807, 2.05) is 0 Å². The molecule has 1 fully saturated rings. The third-order valence-corrected chi connectivity index (χ3v) is 4.68. The molecule has 0 N–H and O–H groups in total. The van der Waals surface area contributed by atoms with Gasteiger partial charge in [0.15, 0.2) is 0 Å². The van der Waals surface area contributed by atoms with Gasteiger partial charge in [-0.15, -0.1) is 0 Å². The molecule has 1 saturated heterocycles. The molecule has 1 heterocycles. The lowest BCUT2D eigenvalue weighted by molar-refractivity contribution is 0.168. The fourth-order valence-electron chi connectivity index (χ4n) is 1.89. The van der Waals surface area contributed by atoms with Gasteiger partial charge in [-0.3, -0.25) is 0 Å². The Morgan fingerprint density at radius 1 is 1.12 bits per heavy atom. The van der Waals surface area contributed by atoms with E-state index in [1.165, 1.54) is 4.31 Å². The molecule has 5 nitrogen and oxygen atoms in total. The van der Waals surface area contributed by atoms with Crippen molar-refractivity contribution in [3.63, 3.8) is 0 Å². The Kier molecular flexibility index (Phi) is 4.73. The molecule has 0 amide bonds. The van der Waals surface area contributed by atoms with E-state index in [4.69, 9.17) is 0 Å². The molecule has 0 bridgehead atoms. The van der Waals surface area contributed by atoms with Crippen LogP contribution in [-0.4, -0.2) is 68.7 Å². The first-order valence-electron chi connectivity index (χ1n) is 5.74. The molecule has 0 atom stereocenters. The smallest absolute Gasteiger partial charge is 0.281 e. The average Bonchev–Trinajstić information content (AvgIpc) is 2.17. The predicted octanol–water partition coefficient (Wildman–Crippen LogP) is 0.0664. The first-order valence-corrected chi connectivity index (χ1v) is 7.13. The predicted molar refractivity (Wildman–Crippen MR) is 65.5 cm³/mol. The van der Waals surface area contributed by atoms with Crippen LogP contribution in [0.25, 0.3) is 0 Å². The van der Waals surface area contributed by atoms with E-state index >= 15 is 0 Å². The maximum Gasteiger partial charge on any atom is 0.281 e. The van der Waals surface area contributed by atoms with Crippen LogP contribution < -0.4 is 0 Å². The molecule has 0 aromatic rings. The van der Waals surface area contributed by atoms with Crippen molar-refractivity contribution < 1.29 is 8.42 Å². The maximum absolute atomic E-state index is 11.8. The standard InChI is InChI=1S/C10H23N3O2S/c1-10(2)9-12-5-7-13(8-6-12)16(14,15)11(3)4/h10H,5-9H2,1-4H3. The van der Waals surface area contributed by atoms with Crippen molar-refractivity contribution >= 4 is 10.2 Å². The van der Waals surface area contributed by atoms with Gasteiger partial charge in [-0.2, -0.15) is 17.0 Å². The fourth-order valence-corrected chi connectivity index (χ4v) is 2.98. The Bertz CT molecular complexity index is 306. The number of hydrogen-bond donors (Lipinski definition) is 0. The first kappa shape index (κ1) is 13.9. The van der Waals surface area contributed by atoms with Gasteiger partial charge in [0, 0.05) is 46.8 Å². The van der Waals surface area contributed by atoms with E-state index in [0.29, 0.717) is 19.0 Å². The highest BCUT2D eigenvalue weighted by Crippen LogP contribution is 2.10. The number of piperazine rings is 1. The minimum Gasteiger partial charge on any atom is -0.300 e. The summed E-state index contributed by atoms with van der Waals surface area (Å²) in [6, 6.07) is 0. The second-order valence-corrected chi connectivity index (χ2v) is 7.03. The maximum atomic E-state index is 11.8. The topological polar surface area (TPSA) is 43.9 Å². The van der Waals surface area contributed by atoms with Crippen LogP contribution in [0, 0.1) is 5.92 Å². The summed E-state index contributed by atoms with van der Waals surface area (Å²) in [5.74, 6) is 0.636. The van der Waals surface area contributed by atoms with Crippen LogP contribution in [0.3, 0.4) is 0 Å². The third-order valence-electron chi connectivity index (χ3n) is 2.74. The lowest BCUT2D eigenvalue weighted by atomic mass is 10.2. The Hall–Kier alpha value is -0.170. The second kappa shape index (κ2) is 5.44. The van der Waals surface area contributed by atoms with E-state index in [1.54, 1.807) is 18.4 Å². The van der Waals surface area contributed by atoms with Gasteiger partial charge in [-0.1, -0.05) is 13.8 Å². The molecule has 0 aromatic heterocycles. The largest absolute Gasteiger partial charge is 0.300 e. The Labute approximate surface area is 99.2 Å². The quantitative estimate of drug-likeness (QED) is 0.708. The molecular formula is C10H23N3O2S. The van der Waals surface area contributed by atoms with E-state index < -0.39 is 10.2 Å². The van der Waals surface area contributed by atoms with Crippen molar-refractivity contribution in [1.29, 1.82) is 0 Å². The van der Waals surface area contributed by atoms with Crippen molar-refractivity contribution in [2.24, 2.45) is 5.92 Å². The molecule has 0 saturated carbocycles. The monoisotopic (exact) mass is 249 g/mol. The van der Waals surface area contributed by atoms with E-state index in [9.17, 15) is 8.42 Å². The van der Waals surface area contributed by atoms with Crippen molar-refractivity contribution in [2.45, 2.75) is 13.8 Å². The highest BCUT2D eigenvalue weighted by atomic mass is 32.2. The number of rotatable bonds is 4. The Morgan fingerprint density at radius 3 is 2.00 bits per heavy atom. The number of nitrogens with zero attached hydrogens (tertiary/aromatic N) is 3. The highest BCUT2D eigenvalue weighted by Gasteiger charge is 2.28. The van der Waals surface area contributed by atoms with Crippen LogP contribution in [0.15, 0.2) is 0 Å². The minimum atomic E-state index is -3.21. The number of hydrogen-bond acceptors (Lipinski definition) is 3. The Morgan fingerprint density at radius 2 is 1.62 bits per heavy atom. The molecule has 96 valence electrons. The van der Waals surface area contributed by atoms with Crippen LogP contribution in [0.1, 0.15) is 13.8 Å². The molecule has 0 aromatic carbocycles. The zero-order valence-corrected chi connectivity index (χ0v) is 11.5. The Balaban J connectivity index is 2.49. The van der Waals surface area contributed by atoms with Crippen LogP contribution in [0.2, 0.25) is 0 Å². The summed E-state index contributed by atoms with van der Waals surface area (Å²) in [6.45, 7) is 8.30. The summed E-state index contributed by atoms with van der Waals surface area (Å²) in [4.78, 5) is 2.33. The summed E-state index contributed by atoms with van der Waals surface area (Å²) in [7, 11) is -0.0535. The van der Waals surface area contributed by atoms with Crippen LogP contribution in [0.4, 0.5) is 0 Å². The molecule has 6 heteroatoms. The molecule has 0 spiro atoms. The first-order chi connectivity index (χ1) is 7.34. The van der Waals surface area contributed by atoms with Gasteiger partial charge in [-0.25, -0.2) is 0 Å². The van der Waals surface area contributed by atoms with E-state index in [0.717, 1.165) is 19.6 Å². The molecule has 0 radical (unpaired) electrons. The van der Waals surface area contributed by atoms with Gasteiger partial charge in [0.1, 0.15) is 0 Å². The molecule has 1 aliphatic heterocycles. The summed E-state index contributed by atoms with van der Waals surface area (Å²) in [5, 5.41) is 0. The van der Waals surface area contributed by atoms with Crippen molar-refractivity contribution in [2.75, 3.05) is 46.8 Å². The molecule has 1 rings (SSSR count). The normalized spacial score (nSPS) is 20.9. The molecule has 16 heavy (non-hydrogen) atoms. The third kappa shape index (κ3) is 3.41. The lowest BCUT2D eigenvalue weighted by Crippen LogP contribution is -2.52. The molecule has 0 aliphatic carbocycles. The highest BCUT2D eigenvalue weighted by molar-refractivity contribution is 7.86. The zero-order chi connectivity index (χ0) is 12.3. The SMILES string of the molecule is CC(C)CN1CCN(S(=O)(=O)N(C)C)CC1. The van der Waals surface area contributed by atoms with Gasteiger partial charge in [0.05, 0.1) is 0 Å². The van der Waals surface area contributed by atoms with Gasteiger partial charge in [0.25, 0.3) is 10.2 Å². The lowest BCUT2D eigenvalue weighted by Gasteiger charge is -2.35. The zero-order valence-electron chi connectivity index (χ0n) is 10.7. The molecule has 1 aliphatic rings. The summed E-state index contributed by atoms with van der Waals surface area (Å²) >= 11 is 0. The summed E-state index contributed by atoms with van der Waals surface area (Å²) in [6.07, 6.45) is 0. The molecular weight excluding hydrogens is 226 g/mol. The van der Waals surface area contributed by atoms with E-state index in [-0.39, 0.29) is 0 Å². The van der Waals surface area contributed by atoms with Crippen molar-refractivity contribution in [3.05, 3.63) is 0 Å². The average molecular weight is 249 g/mol. The fraction of sp³-hybridized carbons (Fsp3) is 1.00. The van der Waals surface area contributed by atoms with Crippen LogP contribution in [-0.2, 0) is 10.2 Å². The van der Waals surface area contributed by atoms with Crippen LogP contribution >= 0.6 is 0 Å². The van der Waals surface area contributed by atoms with Gasteiger partial charge in [0.2, 0.25) is 0 Å². The summed E-state index contributed by atoms with van der Waals surface area (Å²) in [5.41, 5.74) is 0. The van der Waals surface area contributed by atoms with Gasteiger partial charge < -0.3 is 4.90 Å². The minimum absolute atomic E-state index is 0.604.